The van der Waals surface area contributed by atoms with Crippen molar-refractivity contribution in [3.8, 4) is 0 Å². The predicted molar refractivity (Wildman–Crippen MR) is 77.1 cm³/mol. The molecule has 1 aliphatic carbocycles. The molecule has 1 aliphatic heterocycles. The second kappa shape index (κ2) is 6.36. The number of hydrogen-bond donors (Lipinski definition) is 0. The number of ketones is 1. The van der Waals surface area contributed by atoms with Gasteiger partial charge < -0.3 is 4.74 Å². The van der Waals surface area contributed by atoms with E-state index in [1.165, 1.54) is 6.42 Å². The van der Waals surface area contributed by atoms with Crippen molar-refractivity contribution < 1.29 is 9.53 Å². The van der Waals surface area contributed by atoms with Crippen LogP contribution in [-0.2, 0) is 9.53 Å². The Kier molecular flexibility index (Phi) is 5.02. The van der Waals surface area contributed by atoms with Gasteiger partial charge in [-0.05, 0) is 44.9 Å². The highest BCUT2D eigenvalue weighted by atomic mass is 16.5. The average molecular weight is 267 g/mol. The Hall–Kier alpha value is -0.410. The van der Waals surface area contributed by atoms with E-state index in [0.29, 0.717) is 30.3 Å². The molecular formula is C16H29NO2. The van der Waals surface area contributed by atoms with Gasteiger partial charge in [0.05, 0.1) is 6.61 Å². The predicted octanol–water partition coefficient (Wildman–Crippen LogP) is 2.74. The molecule has 2 rings (SSSR count). The van der Waals surface area contributed by atoms with Gasteiger partial charge in [0.2, 0.25) is 0 Å². The van der Waals surface area contributed by atoms with Crippen LogP contribution in [0.25, 0.3) is 0 Å². The standard InChI is InChI=1S/C16H29NO2/c1-11(2)17-5-6-19-15(10-17)16(18)14-8-12(3)7-13(4)9-14/h11-15H,5-10H2,1-4H3. The monoisotopic (exact) mass is 267 g/mol. The average Bonchev–Trinajstić information content (AvgIpc) is 2.37. The molecule has 3 nitrogen and oxygen atoms in total. The summed E-state index contributed by atoms with van der Waals surface area (Å²) in [6.45, 7) is 11.4. The fourth-order valence-corrected chi connectivity index (χ4v) is 3.75. The Bertz CT molecular complexity index is 306. The smallest absolute Gasteiger partial charge is 0.165 e. The van der Waals surface area contributed by atoms with E-state index in [2.05, 4.69) is 32.6 Å². The number of ether oxygens (including phenoxy) is 1. The highest BCUT2D eigenvalue weighted by Crippen LogP contribution is 2.34. The normalized spacial score (nSPS) is 37.5. The van der Waals surface area contributed by atoms with Crippen molar-refractivity contribution in [1.29, 1.82) is 0 Å². The summed E-state index contributed by atoms with van der Waals surface area (Å²) in [6, 6.07) is 0.503. The van der Waals surface area contributed by atoms with Crippen LogP contribution >= 0.6 is 0 Å². The Balaban J connectivity index is 1.95. The Morgan fingerprint density at radius 2 is 1.79 bits per heavy atom. The second-order valence-corrected chi connectivity index (χ2v) is 6.96. The van der Waals surface area contributed by atoms with E-state index in [0.717, 1.165) is 25.9 Å². The summed E-state index contributed by atoms with van der Waals surface area (Å²) in [6.07, 6.45) is 3.21. The highest BCUT2D eigenvalue weighted by molar-refractivity contribution is 5.85. The zero-order valence-electron chi connectivity index (χ0n) is 12.9. The molecule has 3 heteroatoms. The molecule has 0 bridgehead atoms. The maximum Gasteiger partial charge on any atom is 0.165 e. The molecule has 19 heavy (non-hydrogen) atoms. The van der Waals surface area contributed by atoms with Crippen LogP contribution in [0.1, 0.15) is 47.0 Å². The topological polar surface area (TPSA) is 29.5 Å². The summed E-state index contributed by atoms with van der Waals surface area (Å²) in [5, 5.41) is 0. The fraction of sp³-hybridized carbons (Fsp3) is 0.938. The molecule has 1 saturated heterocycles. The van der Waals surface area contributed by atoms with Gasteiger partial charge in [-0.3, -0.25) is 9.69 Å². The molecular weight excluding hydrogens is 238 g/mol. The van der Waals surface area contributed by atoms with Crippen molar-refractivity contribution in [2.75, 3.05) is 19.7 Å². The van der Waals surface area contributed by atoms with Gasteiger partial charge in [-0.15, -0.1) is 0 Å². The molecule has 0 spiro atoms. The van der Waals surface area contributed by atoms with E-state index in [1.807, 2.05) is 0 Å². The molecule has 0 aromatic heterocycles. The van der Waals surface area contributed by atoms with E-state index in [9.17, 15) is 4.79 Å². The van der Waals surface area contributed by atoms with Gasteiger partial charge in [-0.25, -0.2) is 0 Å². The molecule has 2 fully saturated rings. The maximum absolute atomic E-state index is 12.7. The summed E-state index contributed by atoms with van der Waals surface area (Å²) >= 11 is 0. The van der Waals surface area contributed by atoms with Crippen LogP contribution in [0, 0.1) is 17.8 Å². The minimum atomic E-state index is -0.182. The van der Waals surface area contributed by atoms with Crippen LogP contribution in [0.15, 0.2) is 0 Å². The lowest BCUT2D eigenvalue weighted by molar-refractivity contribution is -0.143. The summed E-state index contributed by atoms with van der Waals surface area (Å²) < 4.78 is 5.75. The van der Waals surface area contributed by atoms with Crippen molar-refractivity contribution in [2.24, 2.45) is 17.8 Å². The molecule has 0 radical (unpaired) electrons. The molecule has 0 aromatic carbocycles. The van der Waals surface area contributed by atoms with E-state index in [4.69, 9.17) is 4.74 Å². The van der Waals surface area contributed by atoms with Gasteiger partial charge in [-0.2, -0.15) is 0 Å². The van der Waals surface area contributed by atoms with Gasteiger partial charge >= 0.3 is 0 Å². The molecule has 1 heterocycles. The van der Waals surface area contributed by atoms with Crippen LogP contribution in [0.5, 0.6) is 0 Å². The Morgan fingerprint density at radius 3 is 2.37 bits per heavy atom. The molecule has 2 aliphatic rings. The minimum absolute atomic E-state index is 0.182. The molecule has 0 aromatic rings. The first kappa shape index (κ1) is 15.0. The molecule has 110 valence electrons. The fourth-order valence-electron chi connectivity index (χ4n) is 3.75. The van der Waals surface area contributed by atoms with Crippen molar-refractivity contribution in [2.45, 2.75) is 59.1 Å². The summed E-state index contributed by atoms with van der Waals surface area (Å²) in [7, 11) is 0. The first-order chi connectivity index (χ1) is 8.97. The number of hydrogen-bond acceptors (Lipinski definition) is 3. The van der Waals surface area contributed by atoms with Crippen molar-refractivity contribution in [3.05, 3.63) is 0 Å². The third kappa shape index (κ3) is 3.79. The largest absolute Gasteiger partial charge is 0.368 e. The molecule has 0 N–H and O–H groups in total. The first-order valence-corrected chi connectivity index (χ1v) is 7.86. The molecule has 1 saturated carbocycles. The van der Waals surface area contributed by atoms with E-state index in [-0.39, 0.29) is 12.0 Å². The van der Waals surface area contributed by atoms with Crippen LogP contribution in [0.4, 0.5) is 0 Å². The van der Waals surface area contributed by atoms with Gasteiger partial charge in [-0.1, -0.05) is 13.8 Å². The number of rotatable bonds is 3. The van der Waals surface area contributed by atoms with Crippen LogP contribution in [-0.4, -0.2) is 42.5 Å². The summed E-state index contributed by atoms with van der Waals surface area (Å²) in [4.78, 5) is 15.0. The zero-order valence-corrected chi connectivity index (χ0v) is 12.9. The Morgan fingerprint density at radius 1 is 1.16 bits per heavy atom. The lowest BCUT2D eigenvalue weighted by Gasteiger charge is -2.38. The van der Waals surface area contributed by atoms with Crippen molar-refractivity contribution in [1.82, 2.24) is 4.90 Å². The first-order valence-electron chi connectivity index (χ1n) is 7.86. The third-order valence-electron chi connectivity index (χ3n) is 4.73. The number of nitrogens with zero attached hydrogens (tertiary/aromatic N) is 1. The number of carbonyl (C=O) groups is 1. The van der Waals surface area contributed by atoms with Gasteiger partial charge in [0, 0.05) is 25.0 Å². The maximum atomic E-state index is 12.7. The number of Topliss-reactive ketones (excluding diaryl/α,β-unsaturated/α-hetero) is 1. The molecule has 0 amide bonds. The van der Waals surface area contributed by atoms with Crippen LogP contribution in [0.2, 0.25) is 0 Å². The van der Waals surface area contributed by atoms with Crippen molar-refractivity contribution in [3.63, 3.8) is 0 Å². The van der Waals surface area contributed by atoms with Gasteiger partial charge in [0.1, 0.15) is 6.10 Å². The SMILES string of the molecule is CC1CC(C)CC(C(=O)C2CN(C(C)C)CCO2)C1. The van der Waals surface area contributed by atoms with Gasteiger partial charge in [0.25, 0.3) is 0 Å². The zero-order chi connectivity index (χ0) is 14.0. The lowest BCUT2D eigenvalue weighted by Crippen LogP contribution is -2.50. The van der Waals surface area contributed by atoms with Crippen molar-refractivity contribution >= 4 is 5.78 Å². The van der Waals surface area contributed by atoms with Crippen LogP contribution < -0.4 is 0 Å². The molecule has 3 atom stereocenters. The highest BCUT2D eigenvalue weighted by Gasteiger charge is 2.35. The van der Waals surface area contributed by atoms with E-state index < -0.39 is 0 Å². The number of carbonyl (C=O) groups excluding carboxylic acids is 1. The van der Waals surface area contributed by atoms with Gasteiger partial charge in [0.15, 0.2) is 5.78 Å². The van der Waals surface area contributed by atoms with Crippen LogP contribution in [0.3, 0.4) is 0 Å². The second-order valence-electron chi connectivity index (χ2n) is 6.96. The number of morpholine rings is 1. The Labute approximate surface area is 117 Å². The quantitative estimate of drug-likeness (QED) is 0.787. The van der Waals surface area contributed by atoms with E-state index >= 15 is 0 Å². The lowest BCUT2D eigenvalue weighted by atomic mass is 9.74. The minimum Gasteiger partial charge on any atom is -0.368 e. The third-order valence-corrected chi connectivity index (χ3v) is 4.73. The summed E-state index contributed by atoms with van der Waals surface area (Å²) in [5.41, 5.74) is 0. The molecule has 3 unspecified atom stereocenters. The van der Waals surface area contributed by atoms with E-state index in [1.54, 1.807) is 0 Å². The summed E-state index contributed by atoms with van der Waals surface area (Å²) in [5.74, 6) is 1.96.